The van der Waals surface area contributed by atoms with Crippen molar-refractivity contribution in [1.82, 2.24) is 9.97 Å². The third-order valence-electron chi connectivity index (χ3n) is 4.48. The van der Waals surface area contributed by atoms with E-state index in [9.17, 15) is 15.2 Å². The number of pyridine rings is 2. The fourth-order valence-electron chi connectivity index (χ4n) is 3.10. The molecule has 4 aromatic rings. The van der Waals surface area contributed by atoms with Gasteiger partial charge in [0.2, 0.25) is 0 Å². The number of nitro benzene ring substituents is 1. The maximum atomic E-state index is 11.0. The Morgan fingerprint density at radius 3 is 2.43 bits per heavy atom. The first kappa shape index (κ1) is 17.4. The van der Waals surface area contributed by atoms with Gasteiger partial charge in [-0.25, -0.2) is 4.98 Å². The highest BCUT2D eigenvalue weighted by Crippen LogP contribution is 2.36. The van der Waals surface area contributed by atoms with E-state index in [1.807, 2.05) is 36.4 Å². The molecule has 0 saturated carbocycles. The first-order valence-corrected chi connectivity index (χ1v) is 8.62. The quantitative estimate of drug-likeness (QED) is 0.397. The van der Waals surface area contributed by atoms with Crippen molar-refractivity contribution in [2.24, 2.45) is 0 Å². The highest BCUT2D eigenvalue weighted by atomic mass is 16.6. The molecule has 2 heterocycles. The van der Waals surface area contributed by atoms with Gasteiger partial charge in [0.25, 0.3) is 5.69 Å². The zero-order chi connectivity index (χ0) is 19.5. The van der Waals surface area contributed by atoms with Gasteiger partial charge in [-0.15, -0.1) is 0 Å². The second-order valence-corrected chi connectivity index (χ2v) is 6.22. The zero-order valence-corrected chi connectivity index (χ0v) is 14.7. The predicted octanol–water partition coefficient (Wildman–Crippen LogP) is 4.45. The average molecular weight is 372 g/mol. The fraction of sp³-hybridized carbons (Fsp3) is 0.0476. The molecular weight excluding hydrogens is 356 g/mol. The van der Waals surface area contributed by atoms with Gasteiger partial charge in [-0.05, 0) is 35.9 Å². The van der Waals surface area contributed by atoms with E-state index in [1.54, 1.807) is 30.6 Å². The Labute approximate surface area is 160 Å². The normalized spacial score (nSPS) is 11.9. The van der Waals surface area contributed by atoms with Crippen molar-refractivity contribution in [1.29, 1.82) is 0 Å². The molecule has 7 heteroatoms. The van der Waals surface area contributed by atoms with Crippen molar-refractivity contribution in [2.45, 2.75) is 6.04 Å². The lowest BCUT2D eigenvalue weighted by molar-refractivity contribution is -0.384. The Morgan fingerprint density at radius 1 is 0.929 bits per heavy atom. The maximum absolute atomic E-state index is 11.0. The van der Waals surface area contributed by atoms with Crippen LogP contribution in [0.3, 0.4) is 0 Å². The molecule has 0 aliphatic rings. The van der Waals surface area contributed by atoms with Crippen LogP contribution in [-0.4, -0.2) is 20.0 Å². The molecule has 2 N–H and O–H groups in total. The van der Waals surface area contributed by atoms with E-state index in [0.29, 0.717) is 16.9 Å². The Kier molecular flexibility index (Phi) is 4.55. The van der Waals surface area contributed by atoms with Crippen molar-refractivity contribution < 1.29 is 10.0 Å². The van der Waals surface area contributed by atoms with Gasteiger partial charge in [0.15, 0.2) is 0 Å². The van der Waals surface area contributed by atoms with E-state index in [0.717, 1.165) is 10.9 Å². The maximum Gasteiger partial charge on any atom is 0.269 e. The van der Waals surface area contributed by atoms with Gasteiger partial charge in [0.05, 0.1) is 11.0 Å². The predicted molar refractivity (Wildman–Crippen MR) is 106 cm³/mol. The standard InChI is InChI=1S/C21H16N4O3/c26-21-17(11-8-14-4-3-13-23-20(14)21)19(24-18-5-1-2-12-22-18)15-6-9-16(10-7-15)25(27)28/h1-13,19,26H,(H,22,24)/t19-/m1/s1. The molecule has 0 spiro atoms. The molecule has 0 unspecified atom stereocenters. The zero-order valence-electron chi connectivity index (χ0n) is 14.7. The van der Waals surface area contributed by atoms with Crippen LogP contribution in [0, 0.1) is 10.1 Å². The van der Waals surface area contributed by atoms with E-state index < -0.39 is 11.0 Å². The van der Waals surface area contributed by atoms with Crippen LogP contribution < -0.4 is 5.32 Å². The van der Waals surface area contributed by atoms with Gasteiger partial charge in [0, 0.05) is 35.5 Å². The number of phenols is 1. The monoisotopic (exact) mass is 372 g/mol. The molecule has 0 bridgehead atoms. The Hall–Kier alpha value is -4.00. The second-order valence-electron chi connectivity index (χ2n) is 6.22. The van der Waals surface area contributed by atoms with Gasteiger partial charge < -0.3 is 10.4 Å². The largest absolute Gasteiger partial charge is 0.505 e. The van der Waals surface area contributed by atoms with Crippen LogP contribution >= 0.6 is 0 Å². The minimum absolute atomic E-state index is 0.00439. The highest BCUT2D eigenvalue weighted by molar-refractivity contribution is 5.86. The molecular formula is C21H16N4O3. The van der Waals surface area contributed by atoms with Crippen LogP contribution in [0.2, 0.25) is 0 Å². The molecule has 0 amide bonds. The summed E-state index contributed by atoms with van der Waals surface area (Å²) in [5.74, 6) is 0.677. The van der Waals surface area contributed by atoms with Gasteiger partial charge in [0.1, 0.15) is 17.1 Å². The molecule has 0 aliphatic carbocycles. The van der Waals surface area contributed by atoms with Gasteiger partial charge in [-0.2, -0.15) is 0 Å². The summed E-state index contributed by atoms with van der Waals surface area (Å²) >= 11 is 0. The van der Waals surface area contributed by atoms with E-state index in [1.165, 1.54) is 12.1 Å². The van der Waals surface area contributed by atoms with E-state index >= 15 is 0 Å². The minimum Gasteiger partial charge on any atom is -0.505 e. The Morgan fingerprint density at radius 2 is 1.71 bits per heavy atom. The summed E-state index contributed by atoms with van der Waals surface area (Å²) in [7, 11) is 0. The number of fused-ring (bicyclic) bond motifs is 1. The number of hydrogen-bond donors (Lipinski definition) is 2. The second kappa shape index (κ2) is 7.32. The van der Waals surface area contributed by atoms with Crippen molar-refractivity contribution in [2.75, 3.05) is 5.32 Å². The SMILES string of the molecule is O=[N+]([O-])c1ccc([C@@H](Nc2ccccn2)c2ccc3cccnc3c2O)cc1. The summed E-state index contributed by atoms with van der Waals surface area (Å²) in [6.45, 7) is 0. The number of anilines is 1. The molecule has 2 aromatic heterocycles. The number of aromatic hydroxyl groups is 1. The van der Waals surface area contributed by atoms with Crippen molar-refractivity contribution in [3.05, 3.63) is 100 Å². The molecule has 138 valence electrons. The lowest BCUT2D eigenvalue weighted by atomic mass is 9.96. The summed E-state index contributed by atoms with van der Waals surface area (Å²) in [4.78, 5) is 19.1. The number of nitrogens with zero attached hydrogens (tertiary/aromatic N) is 3. The fourth-order valence-corrected chi connectivity index (χ4v) is 3.10. The van der Waals surface area contributed by atoms with E-state index in [2.05, 4.69) is 15.3 Å². The molecule has 0 aliphatic heterocycles. The third-order valence-corrected chi connectivity index (χ3v) is 4.48. The van der Waals surface area contributed by atoms with Crippen LogP contribution in [-0.2, 0) is 0 Å². The van der Waals surface area contributed by atoms with Crippen LogP contribution in [0.1, 0.15) is 17.2 Å². The molecule has 0 fully saturated rings. The summed E-state index contributed by atoms with van der Waals surface area (Å²) < 4.78 is 0. The minimum atomic E-state index is -0.470. The van der Waals surface area contributed by atoms with Gasteiger partial charge >= 0.3 is 0 Å². The number of phenolic OH excluding ortho intramolecular Hbond substituents is 1. The summed E-state index contributed by atoms with van der Waals surface area (Å²) in [5, 5.41) is 26.0. The number of nitrogens with one attached hydrogen (secondary N) is 1. The van der Waals surface area contributed by atoms with Crippen LogP contribution in [0.25, 0.3) is 10.9 Å². The number of aromatic nitrogens is 2. The molecule has 0 radical (unpaired) electrons. The van der Waals surface area contributed by atoms with Crippen molar-refractivity contribution >= 4 is 22.4 Å². The topological polar surface area (TPSA) is 101 Å². The van der Waals surface area contributed by atoms with Crippen molar-refractivity contribution in [3.8, 4) is 5.75 Å². The Bertz CT molecular complexity index is 1130. The Balaban J connectivity index is 1.83. The molecule has 4 rings (SSSR count). The molecule has 2 aromatic carbocycles. The number of rotatable bonds is 5. The van der Waals surface area contributed by atoms with E-state index in [4.69, 9.17) is 0 Å². The molecule has 28 heavy (non-hydrogen) atoms. The molecule has 1 atom stereocenters. The van der Waals surface area contributed by atoms with Crippen LogP contribution in [0.4, 0.5) is 11.5 Å². The first-order valence-electron chi connectivity index (χ1n) is 8.62. The van der Waals surface area contributed by atoms with Crippen LogP contribution in [0.15, 0.2) is 79.1 Å². The third kappa shape index (κ3) is 3.33. The number of benzene rings is 2. The average Bonchev–Trinajstić information content (AvgIpc) is 2.74. The first-order chi connectivity index (χ1) is 13.6. The van der Waals surface area contributed by atoms with Crippen LogP contribution in [0.5, 0.6) is 5.75 Å². The lowest BCUT2D eigenvalue weighted by Gasteiger charge is -2.22. The highest BCUT2D eigenvalue weighted by Gasteiger charge is 2.21. The number of hydrogen-bond acceptors (Lipinski definition) is 6. The summed E-state index contributed by atoms with van der Waals surface area (Å²) in [5.41, 5.74) is 1.85. The van der Waals surface area contributed by atoms with Gasteiger partial charge in [-0.3, -0.25) is 15.1 Å². The molecule has 7 nitrogen and oxygen atoms in total. The van der Waals surface area contributed by atoms with E-state index in [-0.39, 0.29) is 11.4 Å². The smallest absolute Gasteiger partial charge is 0.269 e. The number of nitro groups is 1. The number of non-ortho nitro benzene ring substituents is 1. The lowest BCUT2D eigenvalue weighted by Crippen LogP contribution is -2.13. The summed E-state index contributed by atoms with van der Waals surface area (Å²) in [6.07, 6.45) is 3.29. The summed E-state index contributed by atoms with van der Waals surface area (Å²) in [6, 6.07) is 18.6. The molecule has 0 saturated heterocycles. The van der Waals surface area contributed by atoms with Gasteiger partial charge in [-0.1, -0.05) is 24.3 Å². The van der Waals surface area contributed by atoms with Crippen molar-refractivity contribution in [3.63, 3.8) is 0 Å².